The smallest absolute Gasteiger partial charge is 0.188 e. The molecule has 1 saturated heterocycles. The molecule has 1 aliphatic rings. The minimum Gasteiger partial charge on any atom is -0.372 e. The third kappa shape index (κ3) is 5.70. The number of sulfone groups is 1. The SMILES string of the molecule is Cc1ccc(S(=O)(=O)C(C=C(c2ccccc2)c2ccccc2)c2ccc(N3CCCCC3)cc2)cc1. The first-order chi connectivity index (χ1) is 18.0. The fourth-order valence-corrected chi connectivity index (χ4v) is 6.65. The highest BCUT2D eigenvalue weighted by atomic mass is 32.2. The molecule has 188 valence electrons. The summed E-state index contributed by atoms with van der Waals surface area (Å²) in [6.45, 7) is 4.07. The fourth-order valence-electron chi connectivity index (χ4n) is 5.01. The lowest BCUT2D eigenvalue weighted by atomic mass is 9.95. The summed E-state index contributed by atoms with van der Waals surface area (Å²) in [7, 11) is -3.71. The van der Waals surface area contributed by atoms with E-state index in [9.17, 15) is 8.42 Å². The first-order valence-electron chi connectivity index (χ1n) is 13.0. The maximum Gasteiger partial charge on any atom is 0.188 e. The van der Waals surface area contributed by atoms with Crippen molar-refractivity contribution in [3.05, 3.63) is 138 Å². The number of rotatable bonds is 7. The summed E-state index contributed by atoms with van der Waals surface area (Å²) in [5, 5.41) is -0.832. The van der Waals surface area contributed by atoms with Crippen molar-refractivity contribution in [2.45, 2.75) is 36.3 Å². The average molecular weight is 508 g/mol. The Labute approximate surface area is 221 Å². The van der Waals surface area contributed by atoms with Crippen LogP contribution in [-0.2, 0) is 9.84 Å². The van der Waals surface area contributed by atoms with E-state index in [1.165, 1.54) is 19.3 Å². The molecule has 3 nitrogen and oxygen atoms in total. The van der Waals surface area contributed by atoms with E-state index in [1.807, 2.05) is 97.9 Å². The van der Waals surface area contributed by atoms with Crippen LogP contribution >= 0.6 is 0 Å². The van der Waals surface area contributed by atoms with Crippen LogP contribution in [0.2, 0.25) is 0 Å². The van der Waals surface area contributed by atoms with E-state index in [0.717, 1.165) is 46.6 Å². The van der Waals surface area contributed by atoms with Crippen molar-refractivity contribution < 1.29 is 8.42 Å². The number of benzene rings is 4. The molecule has 4 aromatic carbocycles. The summed E-state index contributed by atoms with van der Waals surface area (Å²) < 4.78 is 28.3. The molecule has 4 heteroatoms. The molecule has 4 aromatic rings. The van der Waals surface area contributed by atoms with Crippen molar-refractivity contribution in [1.29, 1.82) is 0 Å². The average Bonchev–Trinajstić information content (AvgIpc) is 2.95. The van der Waals surface area contributed by atoms with Gasteiger partial charge in [0.1, 0.15) is 5.25 Å². The van der Waals surface area contributed by atoms with Gasteiger partial charge in [-0.1, -0.05) is 96.6 Å². The van der Waals surface area contributed by atoms with E-state index in [1.54, 1.807) is 12.1 Å². The van der Waals surface area contributed by atoms with Crippen LogP contribution in [0.25, 0.3) is 5.57 Å². The van der Waals surface area contributed by atoms with Crippen LogP contribution in [0, 0.1) is 6.92 Å². The largest absolute Gasteiger partial charge is 0.372 e. The molecule has 0 saturated carbocycles. The maximum absolute atomic E-state index is 14.2. The number of hydrogen-bond donors (Lipinski definition) is 0. The lowest BCUT2D eigenvalue weighted by molar-refractivity contribution is 0.578. The molecular weight excluding hydrogens is 474 g/mol. The fraction of sp³-hybridized carbons (Fsp3) is 0.212. The molecule has 1 unspecified atom stereocenters. The van der Waals surface area contributed by atoms with Gasteiger partial charge in [0.15, 0.2) is 9.84 Å². The Hall–Kier alpha value is -3.63. The molecule has 0 aliphatic carbocycles. The normalized spacial score (nSPS) is 14.7. The van der Waals surface area contributed by atoms with E-state index in [2.05, 4.69) is 17.0 Å². The van der Waals surface area contributed by atoms with Gasteiger partial charge < -0.3 is 4.90 Å². The van der Waals surface area contributed by atoms with Crippen LogP contribution in [0.5, 0.6) is 0 Å². The zero-order valence-electron chi connectivity index (χ0n) is 21.3. The summed E-state index contributed by atoms with van der Waals surface area (Å²) in [5.74, 6) is 0. The van der Waals surface area contributed by atoms with Gasteiger partial charge in [0.25, 0.3) is 0 Å². The second-order valence-electron chi connectivity index (χ2n) is 9.73. The summed E-state index contributed by atoms with van der Waals surface area (Å²) in [6, 6.07) is 35.4. The molecule has 37 heavy (non-hydrogen) atoms. The third-order valence-corrected chi connectivity index (χ3v) is 9.12. The van der Waals surface area contributed by atoms with Crippen LogP contribution in [0.3, 0.4) is 0 Å². The second-order valence-corrected chi connectivity index (χ2v) is 11.8. The Morgan fingerprint density at radius 2 is 1.24 bits per heavy atom. The van der Waals surface area contributed by atoms with Crippen molar-refractivity contribution in [3.63, 3.8) is 0 Å². The van der Waals surface area contributed by atoms with E-state index in [-0.39, 0.29) is 0 Å². The van der Waals surface area contributed by atoms with E-state index in [0.29, 0.717) is 4.90 Å². The Morgan fingerprint density at radius 1 is 0.703 bits per heavy atom. The molecule has 0 aromatic heterocycles. The Kier molecular flexibility index (Phi) is 7.57. The second kappa shape index (κ2) is 11.2. The molecule has 0 radical (unpaired) electrons. The standard InChI is InChI=1S/C33H33NO2S/c1-26-15-21-31(22-16-26)37(35,36)33(29-17-19-30(20-18-29)34-23-9-4-10-24-34)25-32(27-11-5-2-6-12-27)28-13-7-3-8-14-28/h2-3,5-8,11-22,25,33H,4,9-10,23-24H2,1H3. The van der Waals surface area contributed by atoms with E-state index >= 15 is 0 Å². The first-order valence-corrected chi connectivity index (χ1v) is 14.6. The molecule has 0 spiro atoms. The van der Waals surface area contributed by atoms with Gasteiger partial charge in [0.05, 0.1) is 4.90 Å². The van der Waals surface area contributed by atoms with Crippen LogP contribution in [0.1, 0.15) is 46.8 Å². The number of nitrogens with zero attached hydrogens (tertiary/aromatic N) is 1. The van der Waals surface area contributed by atoms with Crippen LogP contribution in [-0.4, -0.2) is 21.5 Å². The van der Waals surface area contributed by atoms with Gasteiger partial charge in [0, 0.05) is 18.8 Å². The minimum absolute atomic E-state index is 0.333. The summed E-state index contributed by atoms with van der Waals surface area (Å²) in [4.78, 5) is 2.73. The lowest BCUT2D eigenvalue weighted by Crippen LogP contribution is -2.29. The third-order valence-electron chi connectivity index (χ3n) is 7.11. The van der Waals surface area contributed by atoms with Gasteiger partial charge in [-0.05, 0) is 72.7 Å². The zero-order chi connectivity index (χ0) is 25.7. The van der Waals surface area contributed by atoms with Gasteiger partial charge in [-0.15, -0.1) is 0 Å². The highest BCUT2D eigenvalue weighted by molar-refractivity contribution is 7.91. The summed E-state index contributed by atoms with van der Waals surface area (Å²) in [6.07, 6.45) is 5.60. The molecule has 1 aliphatic heterocycles. The molecule has 5 rings (SSSR count). The monoisotopic (exact) mass is 507 g/mol. The topological polar surface area (TPSA) is 37.4 Å². The van der Waals surface area contributed by atoms with Crippen molar-refractivity contribution in [2.24, 2.45) is 0 Å². The highest BCUT2D eigenvalue weighted by Gasteiger charge is 2.29. The van der Waals surface area contributed by atoms with Crippen LogP contribution < -0.4 is 4.90 Å². The molecule has 1 heterocycles. The summed E-state index contributed by atoms with van der Waals surface area (Å²) in [5.41, 5.74) is 5.84. The van der Waals surface area contributed by atoms with Crippen LogP contribution in [0.15, 0.2) is 120 Å². The maximum atomic E-state index is 14.2. The zero-order valence-corrected chi connectivity index (χ0v) is 22.1. The molecule has 0 bridgehead atoms. The van der Waals surface area contributed by atoms with Crippen LogP contribution in [0.4, 0.5) is 5.69 Å². The number of hydrogen-bond acceptors (Lipinski definition) is 3. The molecular formula is C33H33NO2S. The Balaban J connectivity index is 1.64. The predicted octanol–water partition coefficient (Wildman–Crippen LogP) is 7.63. The quantitative estimate of drug-likeness (QED) is 0.258. The predicted molar refractivity (Wildman–Crippen MR) is 154 cm³/mol. The van der Waals surface area contributed by atoms with E-state index in [4.69, 9.17) is 0 Å². The highest BCUT2D eigenvalue weighted by Crippen LogP contribution is 2.36. The van der Waals surface area contributed by atoms with Crippen molar-refractivity contribution >= 4 is 21.1 Å². The number of anilines is 1. The van der Waals surface area contributed by atoms with Crippen molar-refractivity contribution in [1.82, 2.24) is 0 Å². The van der Waals surface area contributed by atoms with E-state index < -0.39 is 15.1 Å². The van der Waals surface area contributed by atoms with Gasteiger partial charge >= 0.3 is 0 Å². The number of piperidine rings is 1. The van der Waals surface area contributed by atoms with Gasteiger partial charge in [-0.25, -0.2) is 8.42 Å². The Bertz CT molecular complexity index is 1400. The Morgan fingerprint density at radius 3 is 1.78 bits per heavy atom. The minimum atomic E-state index is -3.71. The van der Waals surface area contributed by atoms with Crippen molar-refractivity contribution in [3.8, 4) is 0 Å². The number of aryl methyl sites for hydroxylation is 1. The van der Waals surface area contributed by atoms with Crippen molar-refractivity contribution in [2.75, 3.05) is 18.0 Å². The van der Waals surface area contributed by atoms with Gasteiger partial charge in [-0.2, -0.15) is 0 Å². The molecule has 1 fully saturated rings. The summed E-state index contributed by atoms with van der Waals surface area (Å²) >= 11 is 0. The lowest BCUT2D eigenvalue weighted by Gasteiger charge is -2.29. The molecule has 0 N–H and O–H groups in total. The first kappa shape index (κ1) is 25.0. The molecule has 0 amide bonds. The van der Waals surface area contributed by atoms with Gasteiger partial charge in [0.2, 0.25) is 0 Å². The van der Waals surface area contributed by atoms with Gasteiger partial charge in [-0.3, -0.25) is 0 Å². The molecule has 1 atom stereocenters.